The lowest BCUT2D eigenvalue weighted by molar-refractivity contribution is 0.299. The van der Waals surface area contributed by atoms with Crippen LogP contribution in [0.1, 0.15) is 41.7 Å². The Balaban J connectivity index is 1.33. The van der Waals surface area contributed by atoms with Gasteiger partial charge in [0.1, 0.15) is 24.7 Å². The lowest BCUT2D eigenvalue weighted by atomic mass is 9.78. The number of hydrogen-bond acceptors (Lipinski definition) is 3. The Morgan fingerprint density at radius 3 is 1.68 bits per heavy atom. The molecular weight excluding hydrogens is 418 g/mol. The third kappa shape index (κ3) is 6.06. The third-order valence-electron chi connectivity index (χ3n) is 6.23. The average Bonchev–Trinajstić information content (AvgIpc) is 2.88. The number of hydrogen-bond donors (Lipinski definition) is 1. The van der Waals surface area contributed by atoms with Gasteiger partial charge in [-0.2, -0.15) is 0 Å². The van der Waals surface area contributed by atoms with Gasteiger partial charge >= 0.3 is 0 Å². The zero-order valence-corrected chi connectivity index (χ0v) is 20.0. The van der Waals surface area contributed by atoms with E-state index in [2.05, 4.69) is 98.8 Å². The zero-order chi connectivity index (χ0) is 23.8. The van der Waals surface area contributed by atoms with E-state index in [-0.39, 0.29) is 5.41 Å². The maximum absolute atomic E-state index is 6.07. The highest BCUT2D eigenvalue weighted by atomic mass is 16.5. The van der Waals surface area contributed by atoms with Crippen molar-refractivity contribution in [2.24, 2.45) is 5.73 Å². The molecule has 0 aromatic heterocycles. The molecule has 0 aliphatic heterocycles. The van der Waals surface area contributed by atoms with Gasteiger partial charge in [0.05, 0.1) is 0 Å². The Bertz CT molecular complexity index is 1170. The first-order valence-electron chi connectivity index (χ1n) is 11.8. The second kappa shape index (κ2) is 11.0. The first-order chi connectivity index (χ1) is 16.5. The summed E-state index contributed by atoms with van der Waals surface area (Å²) in [6, 6.07) is 35.5. The molecule has 0 aliphatic carbocycles. The molecule has 3 heteroatoms. The molecule has 0 heterocycles. The van der Waals surface area contributed by atoms with E-state index < -0.39 is 0 Å². The van der Waals surface area contributed by atoms with Crippen molar-refractivity contribution >= 4 is 0 Å². The van der Waals surface area contributed by atoms with Crippen LogP contribution >= 0.6 is 0 Å². The van der Waals surface area contributed by atoms with E-state index in [1.54, 1.807) is 0 Å². The van der Waals surface area contributed by atoms with E-state index >= 15 is 0 Å². The summed E-state index contributed by atoms with van der Waals surface area (Å²) in [4.78, 5) is 0. The highest BCUT2D eigenvalue weighted by Gasteiger charge is 2.22. The Labute approximate surface area is 203 Å². The van der Waals surface area contributed by atoms with Crippen LogP contribution in [-0.4, -0.2) is 6.54 Å². The van der Waals surface area contributed by atoms with E-state index in [1.807, 2.05) is 18.2 Å². The Morgan fingerprint density at radius 2 is 1.12 bits per heavy atom. The fraction of sp³-hybridized carbons (Fsp3) is 0.226. The first-order valence-corrected chi connectivity index (χ1v) is 11.8. The summed E-state index contributed by atoms with van der Waals surface area (Å²) in [7, 11) is 0. The van der Waals surface area contributed by atoms with Crippen molar-refractivity contribution < 1.29 is 9.47 Å². The van der Waals surface area contributed by atoms with Crippen molar-refractivity contribution in [1.82, 2.24) is 0 Å². The SMILES string of the molecule is CC(C)(c1ccccc1)c1ccc(OCc2cccc(COc3ccc(CCN)cc3)c2)cc1. The Hall–Kier alpha value is -3.56. The van der Waals surface area contributed by atoms with Gasteiger partial charge in [-0.3, -0.25) is 0 Å². The molecule has 174 valence electrons. The number of rotatable bonds is 10. The van der Waals surface area contributed by atoms with Gasteiger partial charge in [0.25, 0.3) is 0 Å². The standard InChI is InChI=1S/C31H33NO2/c1-31(2,27-9-4-3-5-10-27)28-13-17-30(18-14-28)34-23-26-8-6-7-25(21-26)22-33-29-15-11-24(12-16-29)19-20-32/h3-18,21H,19-20,22-23,32H2,1-2H3. The van der Waals surface area contributed by atoms with E-state index in [0.717, 1.165) is 29.0 Å². The molecule has 0 fully saturated rings. The van der Waals surface area contributed by atoms with Crippen molar-refractivity contribution in [2.75, 3.05) is 6.54 Å². The van der Waals surface area contributed by atoms with Crippen molar-refractivity contribution in [2.45, 2.75) is 38.9 Å². The van der Waals surface area contributed by atoms with Crippen LogP contribution < -0.4 is 15.2 Å². The first kappa shape index (κ1) is 23.6. The minimum absolute atomic E-state index is 0.0567. The van der Waals surface area contributed by atoms with Gasteiger partial charge in [0.2, 0.25) is 0 Å². The molecule has 4 aromatic rings. The van der Waals surface area contributed by atoms with Crippen LogP contribution in [0.2, 0.25) is 0 Å². The summed E-state index contributed by atoms with van der Waals surface area (Å²) in [6.07, 6.45) is 0.885. The van der Waals surface area contributed by atoms with E-state index in [4.69, 9.17) is 15.2 Å². The smallest absolute Gasteiger partial charge is 0.119 e. The molecule has 0 bridgehead atoms. The van der Waals surface area contributed by atoms with Crippen LogP contribution in [0.25, 0.3) is 0 Å². The molecule has 3 nitrogen and oxygen atoms in total. The molecule has 34 heavy (non-hydrogen) atoms. The predicted molar refractivity (Wildman–Crippen MR) is 139 cm³/mol. The molecule has 4 rings (SSSR count). The van der Waals surface area contributed by atoms with Crippen molar-refractivity contribution in [1.29, 1.82) is 0 Å². The van der Waals surface area contributed by atoms with Crippen LogP contribution in [0, 0.1) is 0 Å². The summed E-state index contributed by atoms with van der Waals surface area (Å²) < 4.78 is 12.0. The Morgan fingerprint density at radius 1 is 0.588 bits per heavy atom. The summed E-state index contributed by atoms with van der Waals surface area (Å²) in [5.74, 6) is 1.73. The van der Waals surface area contributed by atoms with Gasteiger partial charge < -0.3 is 15.2 Å². The highest BCUT2D eigenvalue weighted by Crippen LogP contribution is 2.32. The van der Waals surface area contributed by atoms with Crippen LogP contribution in [0.5, 0.6) is 11.5 Å². The highest BCUT2D eigenvalue weighted by molar-refractivity contribution is 5.40. The van der Waals surface area contributed by atoms with Gasteiger partial charge in [-0.05, 0) is 71.1 Å². The van der Waals surface area contributed by atoms with Crippen LogP contribution in [-0.2, 0) is 25.0 Å². The fourth-order valence-electron chi connectivity index (χ4n) is 4.05. The largest absolute Gasteiger partial charge is 0.489 e. The molecule has 0 saturated heterocycles. The monoisotopic (exact) mass is 451 g/mol. The minimum atomic E-state index is -0.0567. The number of benzene rings is 4. The quantitative estimate of drug-likeness (QED) is 0.293. The molecule has 0 amide bonds. The van der Waals surface area contributed by atoms with Gasteiger partial charge in [-0.1, -0.05) is 86.6 Å². The van der Waals surface area contributed by atoms with E-state index in [9.17, 15) is 0 Å². The molecule has 0 radical (unpaired) electrons. The molecule has 0 aliphatic rings. The maximum atomic E-state index is 6.07. The van der Waals surface area contributed by atoms with Crippen LogP contribution in [0.4, 0.5) is 0 Å². The predicted octanol–water partition coefficient (Wildman–Crippen LogP) is 6.67. The van der Waals surface area contributed by atoms with E-state index in [1.165, 1.54) is 16.7 Å². The van der Waals surface area contributed by atoms with Crippen LogP contribution in [0.3, 0.4) is 0 Å². The minimum Gasteiger partial charge on any atom is -0.489 e. The molecule has 4 aromatic carbocycles. The van der Waals surface area contributed by atoms with E-state index in [0.29, 0.717) is 19.8 Å². The number of ether oxygens (including phenoxy) is 2. The number of nitrogens with two attached hydrogens (primary N) is 1. The summed E-state index contributed by atoms with van der Waals surface area (Å²) in [6.45, 7) is 6.20. The second-order valence-corrected chi connectivity index (χ2v) is 9.10. The second-order valence-electron chi connectivity index (χ2n) is 9.10. The summed E-state index contributed by atoms with van der Waals surface area (Å²) in [5, 5.41) is 0. The van der Waals surface area contributed by atoms with Crippen LogP contribution in [0.15, 0.2) is 103 Å². The normalized spacial score (nSPS) is 11.3. The van der Waals surface area contributed by atoms with Crippen molar-refractivity contribution in [3.05, 3.63) is 131 Å². The Kier molecular flexibility index (Phi) is 7.66. The molecular formula is C31H33NO2. The van der Waals surface area contributed by atoms with Gasteiger partial charge in [0.15, 0.2) is 0 Å². The molecule has 0 atom stereocenters. The third-order valence-corrected chi connectivity index (χ3v) is 6.23. The lowest BCUT2D eigenvalue weighted by Crippen LogP contribution is -2.18. The molecule has 0 unspecified atom stereocenters. The maximum Gasteiger partial charge on any atom is 0.119 e. The van der Waals surface area contributed by atoms with Crippen molar-refractivity contribution in [3.63, 3.8) is 0 Å². The molecule has 0 saturated carbocycles. The fourth-order valence-corrected chi connectivity index (χ4v) is 4.05. The molecule has 2 N–H and O–H groups in total. The van der Waals surface area contributed by atoms with Gasteiger partial charge in [0, 0.05) is 5.41 Å². The summed E-state index contributed by atoms with van der Waals surface area (Å²) >= 11 is 0. The van der Waals surface area contributed by atoms with Gasteiger partial charge in [-0.15, -0.1) is 0 Å². The zero-order valence-electron chi connectivity index (χ0n) is 20.0. The van der Waals surface area contributed by atoms with Gasteiger partial charge in [-0.25, -0.2) is 0 Å². The lowest BCUT2D eigenvalue weighted by Gasteiger charge is -2.26. The topological polar surface area (TPSA) is 44.5 Å². The van der Waals surface area contributed by atoms with Crippen molar-refractivity contribution in [3.8, 4) is 11.5 Å². The summed E-state index contributed by atoms with van der Waals surface area (Å²) in [5.41, 5.74) is 11.6. The average molecular weight is 452 g/mol. The molecule has 0 spiro atoms.